The third kappa shape index (κ3) is 4.24. The summed E-state index contributed by atoms with van der Waals surface area (Å²) in [6.45, 7) is 0.185. The van der Waals surface area contributed by atoms with Crippen molar-refractivity contribution in [3.05, 3.63) is 31.9 Å². The number of hydrogen-bond acceptors (Lipinski definition) is 6. The molecule has 0 bridgehead atoms. The lowest BCUT2D eigenvalue weighted by molar-refractivity contribution is -0.128. The summed E-state index contributed by atoms with van der Waals surface area (Å²) in [5.74, 6) is -0.601. The van der Waals surface area contributed by atoms with Crippen molar-refractivity contribution < 1.29 is 19.9 Å². The quantitative estimate of drug-likeness (QED) is 0.536. The van der Waals surface area contributed by atoms with E-state index in [4.69, 9.17) is 5.21 Å². The van der Waals surface area contributed by atoms with Gasteiger partial charge >= 0.3 is 6.09 Å². The number of nitrogens with zero attached hydrogens (tertiary/aromatic N) is 2. The highest BCUT2D eigenvalue weighted by Gasteiger charge is 2.20. The van der Waals surface area contributed by atoms with Crippen molar-refractivity contribution in [3.63, 3.8) is 0 Å². The highest BCUT2D eigenvalue weighted by Crippen LogP contribution is 2.27. The van der Waals surface area contributed by atoms with Crippen molar-refractivity contribution in [1.82, 2.24) is 10.5 Å². The number of thiazole rings is 1. The third-order valence-electron chi connectivity index (χ3n) is 2.41. The number of rotatable bonds is 5. The fraction of sp³-hybridized carbons (Fsp3) is 0.182. The van der Waals surface area contributed by atoms with Gasteiger partial charge in [-0.3, -0.25) is 10.0 Å². The Labute approximate surface area is 135 Å². The van der Waals surface area contributed by atoms with Crippen LogP contribution in [-0.2, 0) is 17.8 Å². The Bertz CT molecular complexity index is 657. The van der Waals surface area contributed by atoms with E-state index in [1.807, 2.05) is 12.1 Å². The van der Waals surface area contributed by atoms with Crippen LogP contribution in [0.15, 0.2) is 21.3 Å². The van der Waals surface area contributed by atoms with Crippen molar-refractivity contribution in [2.45, 2.75) is 13.0 Å². The molecule has 0 atom stereocenters. The number of carbonyl (C=O) groups excluding carboxylic acids is 1. The predicted octanol–water partition coefficient (Wildman–Crippen LogP) is 2.70. The van der Waals surface area contributed by atoms with Crippen molar-refractivity contribution >= 4 is 55.7 Å². The maximum absolute atomic E-state index is 11.4. The number of hydroxylamine groups is 1. The van der Waals surface area contributed by atoms with Gasteiger partial charge in [0.15, 0.2) is 5.13 Å². The Kier molecular flexibility index (Phi) is 5.28. The molecule has 0 saturated carbocycles. The highest BCUT2D eigenvalue weighted by molar-refractivity contribution is 9.11. The number of nitrogens with one attached hydrogen (secondary N) is 1. The molecule has 0 saturated heterocycles. The zero-order chi connectivity index (χ0) is 15.4. The summed E-state index contributed by atoms with van der Waals surface area (Å²) in [4.78, 5) is 28.5. The Morgan fingerprint density at radius 2 is 2.19 bits per heavy atom. The third-order valence-corrected chi connectivity index (χ3v) is 4.93. The van der Waals surface area contributed by atoms with E-state index in [0.29, 0.717) is 5.69 Å². The van der Waals surface area contributed by atoms with Crippen LogP contribution in [0.3, 0.4) is 0 Å². The second-order valence-corrected chi connectivity index (χ2v) is 7.29. The van der Waals surface area contributed by atoms with Gasteiger partial charge < -0.3 is 5.11 Å². The lowest BCUT2D eigenvalue weighted by Crippen LogP contribution is -2.28. The minimum absolute atomic E-state index is 0.106. The number of hydrogen-bond donors (Lipinski definition) is 3. The van der Waals surface area contributed by atoms with Crippen LogP contribution < -0.4 is 10.4 Å². The molecule has 2 heterocycles. The molecule has 0 fully saturated rings. The molecule has 10 heteroatoms. The first-order chi connectivity index (χ1) is 9.99. The minimum Gasteiger partial charge on any atom is -0.465 e. The maximum atomic E-state index is 11.4. The molecule has 0 unspecified atom stereocenters. The normalized spacial score (nSPS) is 10.4. The van der Waals surface area contributed by atoms with E-state index < -0.39 is 12.0 Å². The first-order valence-corrected chi connectivity index (χ1v) is 8.10. The lowest BCUT2D eigenvalue weighted by Gasteiger charge is -2.14. The van der Waals surface area contributed by atoms with Crippen LogP contribution in [-0.4, -0.2) is 27.3 Å². The van der Waals surface area contributed by atoms with Gasteiger partial charge in [-0.1, -0.05) is 0 Å². The SMILES string of the molecule is O=C(Cc1csc(N(Cc2ccc(Br)s2)C(=O)O)n1)NO. The molecule has 112 valence electrons. The molecule has 21 heavy (non-hydrogen) atoms. The molecule has 2 aromatic rings. The summed E-state index contributed by atoms with van der Waals surface area (Å²) in [6, 6.07) is 3.68. The van der Waals surface area contributed by atoms with Crippen LogP contribution in [0.5, 0.6) is 0 Å². The molecule has 0 aromatic carbocycles. The van der Waals surface area contributed by atoms with Crippen molar-refractivity contribution in [2.24, 2.45) is 0 Å². The van der Waals surface area contributed by atoms with Crippen LogP contribution in [0, 0.1) is 0 Å². The van der Waals surface area contributed by atoms with E-state index >= 15 is 0 Å². The molecule has 0 radical (unpaired) electrons. The van der Waals surface area contributed by atoms with E-state index in [2.05, 4.69) is 20.9 Å². The molecule has 0 aliphatic carbocycles. The lowest BCUT2D eigenvalue weighted by atomic mass is 10.3. The number of thiophene rings is 1. The van der Waals surface area contributed by atoms with E-state index in [-0.39, 0.29) is 18.1 Å². The number of carboxylic acid groups (broad SMARTS) is 1. The highest BCUT2D eigenvalue weighted by atomic mass is 79.9. The van der Waals surface area contributed by atoms with Gasteiger partial charge in [0, 0.05) is 10.3 Å². The standard InChI is InChI=1S/C11H10BrN3O4S2/c12-8-2-1-7(21-8)4-15(11(17)18)10-13-6(5-20-10)3-9(16)14-19/h1-2,5,19H,3-4H2,(H,14,16)(H,17,18). The largest absolute Gasteiger partial charge is 0.465 e. The average Bonchev–Trinajstić information content (AvgIpc) is 3.04. The topological polar surface area (TPSA) is 103 Å². The molecular formula is C11H10BrN3O4S2. The zero-order valence-corrected chi connectivity index (χ0v) is 13.7. The molecule has 7 nitrogen and oxygen atoms in total. The Hall–Kier alpha value is -1.49. The average molecular weight is 392 g/mol. The number of anilines is 1. The van der Waals surface area contributed by atoms with Gasteiger partial charge in [0.05, 0.1) is 22.4 Å². The van der Waals surface area contributed by atoms with Gasteiger partial charge in [-0.2, -0.15) is 0 Å². The summed E-state index contributed by atoms with van der Waals surface area (Å²) in [5, 5.41) is 19.6. The second kappa shape index (κ2) is 6.98. The smallest absolute Gasteiger partial charge is 0.413 e. The van der Waals surface area contributed by atoms with Gasteiger partial charge in [0.2, 0.25) is 5.91 Å². The van der Waals surface area contributed by atoms with Gasteiger partial charge in [0.25, 0.3) is 0 Å². The Morgan fingerprint density at radius 1 is 1.43 bits per heavy atom. The maximum Gasteiger partial charge on any atom is 0.413 e. The van der Waals surface area contributed by atoms with Gasteiger partial charge in [-0.25, -0.2) is 20.2 Å². The van der Waals surface area contributed by atoms with Crippen LogP contribution in [0.4, 0.5) is 9.93 Å². The molecule has 2 rings (SSSR count). The van der Waals surface area contributed by atoms with Crippen molar-refractivity contribution in [3.8, 4) is 0 Å². The molecular weight excluding hydrogens is 382 g/mol. The fourth-order valence-electron chi connectivity index (χ4n) is 1.52. The number of halogens is 1. The summed E-state index contributed by atoms with van der Waals surface area (Å²) >= 11 is 5.90. The molecule has 0 aliphatic heterocycles. The molecule has 3 N–H and O–H groups in total. The van der Waals surface area contributed by atoms with Gasteiger partial charge in [0.1, 0.15) is 0 Å². The van der Waals surface area contributed by atoms with E-state index in [1.54, 1.807) is 5.38 Å². The summed E-state index contributed by atoms with van der Waals surface area (Å²) in [6.07, 6.45) is -1.22. The van der Waals surface area contributed by atoms with Crippen LogP contribution >= 0.6 is 38.6 Å². The van der Waals surface area contributed by atoms with E-state index in [1.165, 1.54) is 16.8 Å². The molecule has 0 aliphatic rings. The summed E-state index contributed by atoms with van der Waals surface area (Å²) in [5.41, 5.74) is 1.91. The second-order valence-electron chi connectivity index (χ2n) is 3.91. The minimum atomic E-state index is -1.12. The van der Waals surface area contributed by atoms with Crippen molar-refractivity contribution in [2.75, 3.05) is 4.90 Å². The van der Waals surface area contributed by atoms with Crippen LogP contribution in [0.2, 0.25) is 0 Å². The summed E-state index contributed by atoms with van der Waals surface area (Å²) < 4.78 is 0.919. The summed E-state index contributed by atoms with van der Waals surface area (Å²) in [7, 11) is 0. The number of carbonyl (C=O) groups is 2. The first kappa shape index (κ1) is 15.9. The van der Waals surface area contributed by atoms with E-state index in [0.717, 1.165) is 24.9 Å². The fourth-order valence-corrected chi connectivity index (χ4v) is 3.80. The Morgan fingerprint density at radius 3 is 2.76 bits per heavy atom. The van der Waals surface area contributed by atoms with E-state index in [9.17, 15) is 14.7 Å². The predicted molar refractivity (Wildman–Crippen MR) is 82.0 cm³/mol. The molecule has 2 aromatic heterocycles. The van der Waals surface area contributed by atoms with Crippen molar-refractivity contribution in [1.29, 1.82) is 0 Å². The van der Waals surface area contributed by atoms with Crippen LogP contribution in [0.1, 0.15) is 10.6 Å². The molecule has 0 spiro atoms. The van der Waals surface area contributed by atoms with Gasteiger partial charge in [-0.15, -0.1) is 22.7 Å². The Balaban J connectivity index is 2.15. The van der Waals surface area contributed by atoms with Crippen LogP contribution in [0.25, 0.3) is 0 Å². The number of amides is 2. The monoisotopic (exact) mass is 391 g/mol. The zero-order valence-electron chi connectivity index (χ0n) is 10.4. The number of aromatic nitrogens is 1. The van der Waals surface area contributed by atoms with Gasteiger partial charge in [-0.05, 0) is 28.1 Å². The molecule has 2 amide bonds. The first-order valence-electron chi connectivity index (χ1n) is 5.61.